The molecular weight excluding hydrogens is 224 g/mol. The summed E-state index contributed by atoms with van der Waals surface area (Å²) in [5.41, 5.74) is 7.35. The fraction of sp³-hybridized carbons (Fsp3) is 0.733. The summed E-state index contributed by atoms with van der Waals surface area (Å²) in [6.07, 6.45) is 12.4. The van der Waals surface area contributed by atoms with E-state index in [-0.39, 0.29) is 11.6 Å². The van der Waals surface area contributed by atoms with E-state index >= 15 is 0 Å². The molecule has 2 aliphatic rings. The molecule has 1 aromatic rings. The molecule has 1 spiro atoms. The van der Waals surface area contributed by atoms with Crippen LogP contribution in [0.1, 0.15) is 57.1 Å². The molecule has 3 nitrogen and oxygen atoms in total. The molecule has 2 atom stereocenters. The Morgan fingerprint density at radius 2 is 2.22 bits per heavy atom. The summed E-state index contributed by atoms with van der Waals surface area (Å²) in [5, 5.41) is 0. The summed E-state index contributed by atoms with van der Waals surface area (Å²) in [5.74, 6) is 0. The molecule has 100 valence electrons. The van der Waals surface area contributed by atoms with E-state index in [0.29, 0.717) is 6.10 Å². The van der Waals surface area contributed by atoms with Crippen LogP contribution in [-0.2, 0) is 11.3 Å². The van der Waals surface area contributed by atoms with Gasteiger partial charge in [0.1, 0.15) is 0 Å². The Labute approximate surface area is 109 Å². The SMILES string of the molecule is CC(N)c1ccn(CC2CCC3(CCCC3)O2)c1. The standard InChI is InChI=1S/C15H24N2O/c1-12(16)13-5-9-17(10-13)11-14-4-8-15(18-14)6-2-3-7-15/h5,9-10,12,14H,2-4,6-8,11,16H2,1H3. The third-order valence-corrected chi connectivity index (χ3v) is 4.57. The van der Waals surface area contributed by atoms with Crippen LogP contribution in [0.3, 0.4) is 0 Å². The molecule has 1 saturated heterocycles. The minimum absolute atomic E-state index is 0.122. The van der Waals surface area contributed by atoms with Crippen LogP contribution >= 0.6 is 0 Å². The Morgan fingerprint density at radius 1 is 1.44 bits per heavy atom. The average molecular weight is 248 g/mol. The predicted octanol–water partition coefficient (Wildman–Crippen LogP) is 3.00. The second kappa shape index (κ2) is 4.71. The van der Waals surface area contributed by atoms with Crippen molar-refractivity contribution >= 4 is 0 Å². The van der Waals surface area contributed by atoms with Gasteiger partial charge in [-0.1, -0.05) is 12.8 Å². The first-order valence-corrected chi connectivity index (χ1v) is 7.26. The molecule has 1 aromatic heterocycles. The van der Waals surface area contributed by atoms with Crippen molar-refractivity contribution in [3.05, 3.63) is 24.0 Å². The van der Waals surface area contributed by atoms with Crippen LogP contribution in [0.5, 0.6) is 0 Å². The molecule has 1 aliphatic carbocycles. The topological polar surface area (TPSA) is 40.2 Å². The number of hydrogen-bond acceptors (Lipinski definition) is 2. The largest absolute Gasteiger partial charge is 0.370 e. The van der Waals surface area contributed by atoms with Gasteiger partial charge in [0.25, 0.3) is 0 Å². The number of aromatic nitrogens is 1. The van der Waals surface area contributed by atoms with Crippen LogP contribution < -0.4 is 5.73 Å². The zero-order valence-corrected chi connectivity index (χ0v) is 11.3. The van der Waals surface area contributed by atoms with Crippen LogP contribution in [-0.4, -0.2) is 16.3 Å². The molecule has 2 heterocycles. The maximum absolute atomic E-state index is 6.33. The highest BCUT2D eigenvalue weighted by Gasteiger charge is 2.41. The predicted molar refractivity (Wildman–Crippen MR) is 72.3 cm³/mol. The van der Waals surface area contributed by atoms with Crippen molar-refractivity contribution in [1.29, 1.82) is 0 Å². The van der Waals surface area contributed by atoms with Gasteiger partial charge in [0, 0.05) is 25.0 Å². The van der Waals surface area contributed by atoms with Crippen molar-refractivity contribution in [3.8, 4) is 0 Å². The summed E-state index contributed by atoms with van der Waals surface area (Å²) in [6.45, 7) is 3.01. The van der Waals surface area contributed by atoms with Gasteiger partial charge in [-0.3, -0.25) is 0 Å². The summed E-state index contributed by atoms with van der Waals surface area (Å²) in [6, 6.07) is 2.24. The lowest BCUT2D eigenvalue weighted by Crippen LogP contribution is -2.26. The first kappa shape index (κ1) is 12.2. The Morgan fingerprint density at radius 3 is 2.89 bits per heavy atom. The van der Waals surface area contributed by atoms with Crippen molar-refractivity contribution in [3.63, 3.8) is 0 Å². The molecule has 0 aromatic carbocycles. The number of ether oxygens (including phenoxy) is 1. The van der Waals surface area contributed by atoms with E-state index in [9.17, 15) is 0 Å². The average Bonchev–Trinajstić information content (AvgIpc) is 3.03. The first-order valence-electron chi connectivity index (χ1n) is 7.26. The molecule has 3 heteroatoms. The highest BCUT2D eigenvalue weighted by atomic mass is 16.5. The summed E-state index contributed by atoms with van der Waals surface area (Å²) in [4.78, 5) is 0. The molecular formula is C15H24N2O. The van der Waals surface area contributed by atoms with E-state index in [1.807, 2.05) is 6.92 Å². The minimum atomic E-state index is 0.122. The number of nitrogens with two attached hydrogens (primary N) is 1. The molecule has 0 bridgehead atoms. The maximum Gasteiger partial charge on any atom is 0.0762 e. The molecule has 0 amide bonds. The summed E-state index contributed by atoms with van der Waals surface area (Å²) < 4.78 is 8.56. The third-order valence-electron chi connectivity index (χ3n) is 4.57. The molecule has 18 heavy (non-hydrogen) atoms. The van der Waals surface area contributed by atoms with Crippen LogP contribution in [0.2, 0.25) is 0 Å². The molecule has 2 unspecified atom stereocenters. The molecule has 2 N–H and O–H groups in total. The lowest BCUT2D eigenvalue weighted by molar-refractivity contribution is -0.0417. The minimum Gasteiger partial charge on any atom is -0.370 e. The van der Waals surface area contributed by atoms with Crippen molar-refractivity contribution < 1.29 is 4.74 Å². The second-order valence-electron chi connectivity index (χ2n) is 6.10. The Hall–Kier alpha value is -0.800. The van der Waals surface area contributed by atoms with Crippen LogP contribution in [0, 0.1) is 0 Å². The number of rotatable bonds is 3. The lowest BCUT2D eigenvalue weighted by Gasteiger charge is -2.24. The monoisotopic (exact) mass is 248 g/mol. The van der Waals surface area contributed by atoms with Gasteiger partial charge in [0.2, 0.25) is 0 Å². The normalized spacial score (nSPS) is 28.0. The quantitative estimate of drug-likeness (QED) is 0.893. The number of hydrogen-bond donors (Lipinski definition) is 1. The van der Waals surface area contributed by atoms with Gasteiger partial charge >= 0.3 is 0 Å². The highest BCUT2D eigenvalue weighted by Crippen LogP contribution is 2.43. The Balaban J connectivity index is 1.60. The molecule has 1 saturated carbocycles. The van der Waals surface area contributed by atoms with Crippen LogP contribution in [0.25, 0.3) is 0 Å². The Kier molecular flexibility index (Phi) is 3.20. The van der Waals surface area contributed by atoms with E-state index < -0.39 is 0 Å². The smallest absolute Gasteiger partial charge is 0.0762 e. The zero-order chi connectivity index (χ0) is 12.6. The lowest BCUT2D eigenvalue weighted by atomic mass is 9.98. The summed E-state index contributed by atoms with van der Waals surface area (Å²) in [7, 11) is 0. The Bertz CT molecular complexity index is 404. The van der Waals surface area contributed by atoms with E-state index in [1.165, 1.54) is 44.1 Å². The van der Waals surface area contributed by atoms with Gasteiger partial charge in [-0.05, 0) is 44.2 Å². The van der Waals surface area contributed by atoms with Gasteiger partial charge in [-0.25, -0.2) is 0 Å². The molecule has 0 radical (unpaired) electrons. The third kappa shape index (κ3) is 2.34. The first-order chi connectivity index (χ1) is 8.67. The van der Waals surface area contributed by atoms with Crippen molar-refractivity contribution in [1.82, 2.24) is 4.57 Å². The molecule has 1 aliphatic heterocycles. The van der Waals surface area contributed by atoms with Crippen LogP contribution in [0.15, 0.2) is 18.5 Å². The van der Waals surface area contributed by atoms with E-state index in [4.69, 9.17) is 10.5 Å². The van der Waals surface area contributed by atoms with Gasteiger partial charge in [0.15, 0.2) is 0 Å². The van der Waals surface area contributed by atoms with Gasteiger partial charge < -0.3 is 15.0 Å². The summed E-state index contributed by atoms with van der Waals surface area (Å²) >= 11 is 0. The maximum atomic E-state index is 6.33. The van der Waals surface area contributed by atoms with Crippen LogP contribution in [0.4, 0.5) is 0 Å². The van der Waals surface area contributed by atoms with Crippen molar-refractivity contribution in [2.24, 2.45) is 5.73 Å². The van der Waals surface area contributed by atoms with Crippen molar-refractivity contribution in [2.45, 2.75) is 69.7 Å². The van der Waals surface area contributed by atoms with Gasteiger partial charge in [-0.2, -0.15) is 0 Å². The fourth-order valence-electron chi connectivity index (χ4n) is 3.49. The second-order valence-corrected chi connectivity index (χ2v) is 6.10. The zero-order valence-electron chi connectivity index (χ0n) is 11.3. The highest BCUT2D eigenvalue weighted by molar-refractivity contribution is 5.14. The number of nitrogens with zero attached hydrogens (tertiary/aromatic N) is 1. The van der Waals surface area contributed by atoms with E-state index in [2.05, 4.69) is 23.0 Å². The van der Waals surface area contributed by atoms with Crippen molar-refractivity contribution in [2.75, 3.05) is 0 Å². The fourth-order valence-corrected chi connectivity index (χ4v) is 3.49. The van der Waals surface area contributed by atoms with Gasteiger partial charge in [-0.15, -0.1) is 0 Å². The van der Waals surface area contributed by atoms with Gasteiger partial charge in [0.05, 0.1) is 11.7 Å². The molecule has 2 fully saturated rings. The molecule has 3 rings (SSSR count). The van der Waals surface area contributed by atoms with E-state index in [0.717, 1.165) is 6.54 Å². The van der Waals surface area contributed by atoms with E-state index in [1.54, 1.807) is 0 Å².